The van der Waals surface area contributed by atoms with Gasteiger partial charge in [-0.05, 0) is 19.4 Å². The van der Waals surface area contributed by atoms with Crippen molar-refractivity contribution in [2.75, 3.05) is 13.4 Å². The van der Waals surface area contributed by atoms with Gasteiger partial charge in [-0.3, -0.25) is 0 Å². The molecule has 0 unspecified atom stereocenters. The van der Waals surface area contributed by atoms with E-state index in [0.29, 0.717) is 20.0 Å². The summed E-state index contributed by atoms with van der Waals surface area (Å²) in [6, 6.07) is 8.31. The van der Waals surface area contributed by atoms with Gasteiger partial charge in [-0.1, -0.05) is 29.8 Å². The van der Waals surface area contributed by atoms with Gasteiger partial charge < -0.3 is 9.47 Å². The number of hydrogen-bond donors (Lipinski definition) is 0. The van der Waals surface area contributed by atoms with Crippen molar-refractivity contribution in [3.63, 3.8) is 0 Å². The molecule has 1 rings (SSSR count). The summed E-state index contributed by atoms with van der Waals surface area (Å²) in [6.07, 6.45) is 0. The minimum atomic E-state index is 0.379. The van der Waals surface area contributed by atoms with Crippen LogP contribution in [-0.2, 0) is 16.1 Å². The molecule has 0 aromatic heterocycles. The third-order valence-corrected chi connectivity index (χ3v) is 1.76. The number of aryl methyl sites for hydroxylation is 1. The lowest BCUT2D eigenvalue weighted by atomic mass is 10.2. The molecule has 0 aliphatic carbocycles. The molecule has 0 saturated heterocycles. The Morgan fingerprint density at radius 3 is 2.38 bits per heavy atom. The van der Waals surface area contributed by atoms with Gasteiger partial charge in [0, 0.05) is 6.61 Å². The minimum absolute atomic E-state index is 0.379. The first kappa shape index (κ1) is 10.2. The van der Waals surface area contributed by atoms with Crippen LogP contribution in [0.15, 0.2) is 24.3 Å². The lowest BCUT2D eigenvalue weighted by Crippen LogP contribution is -1.99. The Labute approximate surface area is 79.5 Å². The molecular weight excluding hydrogens is 164 g/mol. The molecule has 0 aliphatic rings. The molecule has 0 atom stereocenters. The normalized spacial score (nSPS) is 10.3. The van der Waals surface area contributed by atoms with Crippen molar-refractivity contribution in [3.05, 3.63) is 35.4 Å². The molecule has 72 valence electrons. The SMILES string of the molecule is CCOCOCc1ccc(C)cc1. The van der Waals surface area contributed by atoms with Crippen LogP contribution in [0.1, 0.15) is 18.1 Å². The van der Waals surface area contributed by atoms with Gasteiger partial charge in [0.1, 0.15) is 6.79 Å². The highest BCUT2D eigenvalue weighted by atomic mass is 16.7. The topological polar surface area (TPSA) is 18.5 Å². The molecule has 0 fully saturated rings. The monoisotopic (exact) mass is 180 g/mol. The van der Waals surface area contributed by atoms with Gasteiger partial charge in [0.2, 0.25) is 0 Å². The lowest BCUT2D eigenvalue weighted by Gasteiger charge is -2.04. The van der Waals surface area contributed by atoms with E-state index in [9.17, 15) is 0 Å². The van der Waals surface area contributed by atoms with E-state index in [1.807, 2.05) is 6.92 Å². The van der Waals surface area contributed by atoms with Crippen LogP contribution in [0.4, 0.5) is 0 Å². The van der Waals surface area contributed by atoms with E-state index in [2.05, 4.69) is 31.2 Å². The first-order chi connectivity index (χ1) is 6.33. The molecule has 1 aromatic rings. The van der Waals surface area contributed by atoms with Crippen LogP contribution in [-0.4, -0.2) is 13.4 Å². The molecule has 0 saturated carbocycles. The maximum absolute atomic E-state index is 5.28. The van der Waals surface area contributed by atoms with Crippen molar-refractivity contribution < 1.29 is 9.47 Å². The highest BCUT2D eigenvalue weighted by molar-refractivity contribution is 5.20. The molecule has 0 spiro atoms. The molecule has 0 aliphatic heterocycles. The summed E-state index contributed by atoms with van der Waals surface area (Å²) < 4.78 is 10.3. The quantitative estimate of drug-likeness (QED) is 0.512. The van der Waals surface area contributed by atoms with Gasteiger partial charge in [0.05, 0.1) is 6.61 Å². The molecule has 13 heavy (non-hydrogen) atoms. The summed E-state index contributed by atoms with van der Waals surface area (Å²) in [5.41, 5.74) is 2.46. The predicted molar refractivity (Wildman–Crippen MR) is 52.5 cm³/mol. The second-order valence-electron chi connectivity index (χ2n) is 2.94. The summed E-state index contributed by atoms with van der Waals surface area (Å²) in [5.74, 6) is 0. The van der Waals surface area contributed by atoms with Crippen LogP contribution in [0.5, 0.6) is 0 Å². The predicted octanol–water partition coefficient (Wildman–Crippen LogP) is 2.51. The highest BCUT2D eigenvalue weighted by Crippen LogP contribution is 2.04. The third-order valence-electron chi connectivity index (χ3n) is 1.76. The minimum Gasteiger partial charge on any atom is -0.356 e. The van der Waals surface area contributed by atoms with Crippen molar-refractivity contribution in [3.8, 4) is 0 Å². The Balaban J connectivity index is 2.25. The van der Waals surface area contributed by atoms with Crippen LogP contribution >= 0.6 is 0 Å². The number of hydrogen-bond acceptors (Lipinski definition) is 2. The summed E-state index contributed by atoms with van der Waals surface area (Å²) >= 11 is 0. The molecule has 0 bridgehead atoms. The van der Waals surface area contributed by atoms with E-state index in [4.69, 9.17) is 9.47 Å². The zero-order chi connectivity index (χ0) is 9.52. The summed E-state index contributed by atoms with van der Waals surface area (Å²) in [5, 5.41) is 0. The Kier molecular flexibility index (Phi) is 4.50. The average Bonchev–Trinajstić information content (AvgIpc) is 2.15. The van der Waals surface area contributed by atoms with Gasteiger partial charge in [0.15, 0.2) is 0 Å². The first-order valence-corrected chi connectivity index (χ1v) is 4.54. The van der Waals surface area contributed by atoms with E-state index in [-0.39, 0.29) is 0 Å². The standard InChI is InChI=1S/C11H16O2/c1-3-12-9-13-8-11-6-4-10(2)5-7-11/h4-7H,3,8-9H2,1-2H3. The molecule has 0 amide bonds. The average molecular weight is 180 g/mol. The highest BCUT2D eigenvalue weighted by Gasteiger charge is 1.91. The molecule has 2 nitrogen and oxygen atoms in total. The van der Waals surface area contributed by atoms with E-state index in [1.165, 1.54) is 11.1 Å². The van der Waals surface area contributed by atoms with E-state index < -0.39 is 0 Å². The Morgan fingerprint density at radius 1 is 1.08 bits per heavy atom. The fourth-order valence-corrected chi connectivity index (χ4v) is 0.986. The lowest BCUT2D eigenvalue weighted by molar-refractivity contribution is -0.0571. The second-order valence-corrected chi connectivity index (χ2v) is 2.94. The summed E-state index contributed by atoms with van der Waals surface area (Å²) in [6.45, 7) is 5.73. The third kappa shape index (κ3) is 4.06. The van der Waals surface area contributed by atoms with Crippen LogP contribution in [0.25, 0.3) is 0 Å². The van der Waals surface area contributed by atoms with Crippen LogP contribution < -0.4 is 0 Å². The molecule has 2 heteroatoms. The van der Waals surface area contributed by atoms with Crippen LogP contribution in [0.3, 0.4) is 0 Å². The number of ether oxygens (including phenoxy) is 2. The number of rotatable bonds is 5. The van der Waals surface area contributed by atoms with Gasteiger partial charge in [-0.2, -0.15) is 0 Å². The molecule has 0 radical (unpaired) electrons. The number of benzene rings is 1. The van der Waals surface area contributed by atoms with Gasteiger partial charge in [-0.15, -0.1) is 0 Å². The Hall–Kier alpha value is -0.860. The van der Waals surface area contributed by atoms with E-state index in [0.717, 1.165) is 0 Å². The van der Waals surface area contributed by atoms with Crippen molar-refractivity contribution in [2.24, 2.45) is 0 Å². The second kappa shape index (κ2) is 5.73. The van der Waals surface area contributed by atoms with Gasteiger partial charge >= 0.3 is 0 Å². The largest absolute Gasteiger partial charge is 0.356 e. The Bertz CT molecular complexity index is 228. The van der Waals surface area contributed by atoms with Gasteiger partial charge in [0.25, 0.3) is 0 Å². The fraction of sp³-hybridized carbons (Fsp3) is 0.455. The Morgan fingerprint density at radius 2 is 1.77 bits per heavy atom. The molecule has 0 heterocycles. The van der Waals surface area contributed by atoms with Gasteiger partial charge in [-0.25, -0.2) is 0 Å². The molecule has 0 N–H and O–H groups in total. The molecule has 1 aromatic carbocycles. The van der Waals surface area contributed by atoms with Crippen LogP contribution in [0, 0.1) is 6.92 Å². The zero-order valence-corrected chi connectivity index (χ0v) is 8.25. The molecular formula is C11H16O2. The van der Waals surface area contributed by atoms with Crippen molar-refractivity contribution in [2.45, 2.75) is 20.5 Å². The maximum Gasteiger partial charge on any atom is 0.147 e. The van der Waals surface area contributed by atoms with Crippen molar-refractivity contribution in [1.82, 2.24) is 0 Å². The first-order valence-electron chi connectivity index (χ1n) is 4.54. The maximum atomic E-state index is 5.28. The van der Waals surface area contributed by atoms with Crippen LogP contribution in [0.2, 0.25) is 0 Å². The summed E-state index contributed by atoms with van der Waals surface area (Å²) in [4.78, 5) is 0. The zero-order valence-electron chi connectivity index (χ0n) is 8.25. The van der Waals surface area contributed by atoms with E-state index >= 15 is 0 Å². The van der Waals surface area contributed by atoms with E-state index in [1.54, 1.807) is 0 Å². The van der Waals surface area contributed by atoms with Crippen molar-refractivity contribution >= 4 is 0 Å². The summed E-state index contributed by atoms with van der Waals surface area (Å²) in [7, 11) is 0. The van der Waals surface area contributed by atoms with Crippen molar-refractivity contribution in [1.29, 1.82) is 0 Å². The fourth-order valence-electron chi connectivity index (χ4n) is 0.986. The smallest absolute Gasteiger partial charge is 0.147 e.